The summed E-state index contributed by atoms with van der Waals surface area (Å²) in [5.74, 6) is 1.49. The van der Waals surface area contributed by atoms with E-state index in [2.05, 4.69) is 41.0 Å². The molecule has 0 spiro atoms. The van der Waals surface area contributed by atoms with E-state index in [4.69, 9.17) is 32.3 Å². The van der Waals surface area contributed by atoms with Crippen molar-refractivity contribution in [2.45, 2.75) is 98.7 Å². The predicted octanol–water partition coefficient (Wildman–Crippen LogP) is 8.66. The summed E-state index contributed by atoms with van der Waals surface area (Å²) in [4.78, 5) is 19.3. The fourth-order valence-corrected chi connectivity index (χ4v) is 5.84. The minimum atomic E-state index is -0.787. The van der Waals surface area contributed by atoms with Gasteiger partial charge in [0.25, 0.3) is 5.89 Å². The van der Waals surface area contributed by atoms with E-state index in [1.807, 2.05) is 96.1 Å². The van der Waals surface area contributed by atoms with E-state index in [1.54, 1.807) is 7.11 Å². The van der Waals surface area contributed by atoms with Crippen LogP contribution in [0.4, 0.5) is 0 Å². The van der Waals surface area contributed by atoms with Gasteiger partial charge in [-0.2, -0.15) is 4.98 Å². The van der Waals surface area contributed by atoms with Crippen molar-refractivity contribution < 1.29 is 19.2 Å². The first-order chi connectivity index (χ1) is 23.8. The van der Waals surface area contributed by atoms with Gasteiger partial charge in [0.15, 0.2) is 0 Å². The number of hydrogen-bond acceptors (Lipinski definition) is 8. The molecule has 0 unspecified atom stereocenters. The number of carboxylic acid groups (broad SMARTS) is 1. The third kappa shape index (κ3) is 14.1. The number of ether oxygens (including phenoxy) is 1. The van der Waals surface area contributed by atoms with Crippen LogP contribution in [0.3, 0.4) is 0 Å². The summed E-state index contributed by atoms with van der Waals surface area (Å²) in [7, 11) is 1.63. The zero-order valence-corrected chi connectivity index (χ0v) is 32.7. The molecule has 0 atom stereocenters. The Morgan fingerprint density at radius 2 is 1.51 bits per heavy atom. The topological polar surface area (TPSA) is 141 Å². The summed E-state index contributed by atoms with van der Waals surface area (Å²) in [5.41, 5.74) is 14.8. The molecule has 4 aromatic rings. The maximum Gasteiger partial charge on any atom is 0.310 e. The van der Waals surface area contributed by atoms with Crippen LogP contribution in [-0.4, -0.2) is 57.4 Å². The van der Waals surface area contributed by atoms with Crippen LogP contribution in [-0.2, 0) is 24.2 Å². The number of aromatic nitrogens is 2. The molecule has 51 heavy (non-hydrogen) atoms. The fraction of sp³-hybridized carbons (Fsp3) is 0.488. The number of carboxylic acids is 1. The summed E-state index contributed by atoms with van der Waals surface area (Å²) >= 11 is 6.50. The van der Waals surface area contributed by atoms with E-state index in [9.17, 15) is 9.90 Å². The Labute approximate surface area is 309 Å². The number of nitrogens with two attached hydrogens (primary N) is 2. The van der Waals surface area contributed by atoms with Crippen LogP contribution in [0.5, 0.6) is 5.75 Å². The lowest BCUT2D eigenvalue weighted by Crippen LogP contribution is -2.45. The van der Waals surface area contributed by atoms with Crippen LogP contribution in [0, 0.1) is 11.3 Å². The predicted molar refractivity (Wildman–Crippen MR) is 208 cm³/mol. The van der Waals surface area contributed by atoms with Gasteiger partial charge in [0.1, 0.15) is 5.75 Å². The highest BCUT2D eigenvalue weighted by Gasteiger charge is 2.42. The number of piperidine rings is 1. The van der Waals surface area contributed by atoms with Crippen molar-refractivity contribution in [3.8, 4) is 28.6 Å². The molecule has 5 N–H and O–H groups in total. The lowest BCUT2D eigenvalue weighted by atomic mass is 9.73. The molecule has 0 bridgehead atoms. The Hall–Kier alpha value is -3.76. The van der Waals surface area contributed by atoms with Gasteiger partial charge in [-0.15, -0.1) is 0 Å². The molecular weight excluding hydrogens is 662 g/mol. The molecule has 1 saturated heterocycles. The summed E-state index contributed by atoms with van der Waals surface area (Å²) in [6.07, 6.45) is 2.57. The standard InChI is InChI=1S/C33H36ClN3O4.2C4H11N/c1-22(2)18-25-12-13-26(19-28(25)34)31-35-30(36-41-31)24-10-8-23(9-11-24)21-37-16-14-33(15-17-37,32(38)39)20-27-6-4-5-7-29(27)40-3;2*1-4(2,3)5/h4-13,19,22H,14-18,20-21H2,1-3H3,(H,38,39);2*5H2,1-3H3. The lowest BCUT2D eigenvalue weighted by molar-refractivity contribution is -0.152. The molecule has 9 nitrogen and oxygen atoms in total. The number of nitrogens with zero attached hydrogens (tertiary/aromatic N) is 3. The van der Waals surface area contributed by atoms with Crippen molar-refractivity contribution >= 4 is 17.6 Å². The molecule has 0 amide bonds. The molecule has 3 aromatic carbocycles. The molecule has 0 aliphatic carbocycles. The van der Waals surface area contributed by atoms with Gasteiger partial charge in [-0.25, -0.2) is 0 Å². The van der Waals surface area contributed by atoms with Gasteiger partial charge in [-0.1, -0.05) is 79.1 Å². The van der Waals surface area contributed by atoms with Crippen molar-refractivity contribution in [1.29, 1.82) is 0 Å². The van der Waals surface area contributed by atoms with Gasteiger partial charge < -0.3 is 25.8 Å². The molecular formula is C41H58ClN5O4. The molecule has 5 rings (SSSR count). The van der Waals surface area contributed by atoms with Crippen molar-refractivity contribution in [1.82, 2.24) is 15.0 Å². The highest BCUT2D eigenvalue weighted by atomic mass is 35.5. The fourth-order valence-electron chi connectivity index (χ4n) is 5.58. The molecule has 0 saturated carbocycles. The second-order valence-corrected chi connectivity index (χ2v) is 16.5. The van der Waals surface area contributed by atoms with Crippen molar-refractivity contribution in [3.05, 3.63) is 88.4 Å². The van der Waals surface area contributed by atoms with Gasteiger partial charge in [0, 0.05) is 33.8 Å². The number of para-hydroxylation sites is 1. The smallest absolute Gasteiger partial charge is 0.310 e. The second-order valence-electron chi connectivity index (χ2n) is 16.1. The number of likely N-dealkylation sites (tertiary alicyclic amines) is 1. The van der Waals surface area contributed by atoms with Crippen molar-refractivity contribution in [2.24, 2.45) is 22.8 Å². The molecule has 1 aliphatic heterocycles. The van der Waals surface area contributed by atoms with E-state index < -0.39 is 11.4 Å². The number of halogens is 1. The van der Waals surface area contributed by atoms with Crippen molar-refractivity contribution in [3.63, 3.8) is 0 Å². The first-order valence-corrected chi connectivity index (χ1v) is 18.0. The van der Waals surface area contributed by atoms with E-state index >= 15 is 0 Å². The van der Waals surface area contributed by atoms with Gasteiger partial charge in [-0.05, 0) is 121 Å². The Morgan fingerprint density at radius 1 is 0.941 bits per heavy atom. The van der Waals surface area contributed by atoms with Gasteiger partial charge >= 0.3 is 5.97 Å². The first-order valence-electron chi connectivity index (χ1n) is 17.6. The van der Waals surface area contributed by atoms with Gasteiger partial charge in [0.05, 0.1) is 12.5 Å². The summed E-state index contributed by atoms with van der Waals surface area (Å²) in [5, 5.41) is 15.1. The second kappa shape index (κ2) is 18.1. The maximum atomic E-state index is 12.4. The number of carbonyl (C=O) groups is 1. The average Bonchev–Trinajstić information content (AvgIpc) is 3.52. The number of hydrogen-bond donors (Lipinski definition) is 3. The monoisotopic (exact) mass is 719 g/mol. The molecule has 0 radical (unpaired) electrons. The Kier molecular flexibility index (Phi) is 14.8. The largest absolute Gasteiger partial charge is 0.496 e. The van der Waals surface area contributed by atoms with Gasteiger partial charge in [-0.3, -0.25) is 9.69 Å². The SMILES string of the molecule is CC(C)(C)N.CC(C)(C)N.COc1ccccc1CC1(C(=O)O)CCN(Cc2ccc(-c3noc(-c4ccc(CC(C)C)c(Cl)c4)n3)cc2)CC1. The summed E-state index contributed by atoms with van der Waals surface area (Å²) in [6, 6.07) is 21.7. The summed E-state index contributed by atoms with van der Waals surface area (Å²) < 4.78 is 11.0. The Balaban J connectivity index is 0.000000619. The highest BCUT2D eigenvalue weighted by Crippen LogP contribution is 2.38. The summed E-state index contributed by atoms with van der Waals surface area (Å²) in [6.45, 7) is 18.3. The van der Waals surface area contributed by atoms with Crippen LogP contribution in [0.2, 0.25) is 5.02 Å². The minimum absolute atomic E-state index is 0. The van der Waals surface area contributed by atoms with Crippen LogP contribution < -0.4 is 16.2 Å². The number of aliphatic carboxylic acids is 1. The third-order valence-corrected chi connectivity index (χ3v) is 8.31. The molecule has 2 heterocycles. The normalized spacial score (nSPS) is 14.6. The first kappa shape index (κ1) is 41.7. The molecule has 1 aromatic heterocycles. The zero-order valence-electron chi connectivity index (χ0n) is 31.9. The van der Waals surface area contributed by atoms with Crippen LogP contribution >= 0.6 is 11.6 Å². The Bertz CT molecular complexity index is 1660. The zero-order chi connectivity index (χ0) is 38.0. The van der Waals surface area contributed by atoms with Crippen molar-refractivity contribution in [2.75, 3.05) is 20.2 Å². The van der Waals surface area contributed by atoms with Crippen LogP contribution in [0.15, 0.2) is 71.3 Å². The number of methoxy groups -OCH3 is 1. The molecule has 10 heteroatoms. The van der Waals surface area contributed by atoms with Gasteiger partial charge in [0.2, 0.25) is 5.82 Å². The van der Waals surface area contributed by atoms with E-state index in [0.717, 1.165) is 59.6 Å². The van der Waals surface area contributed by atoms with E-state index in [1.165, 1.54) is 0 Å². The van der Waals surface area contributed by atoms with Crippen LogP contribution in [0.1, 0.15) is 84.9 Å². The molecule has 1 fully saturated rings. The third-order valence-electron chi connectivity index (χ3n) is 7.96. The highest BCUT2D eigenvalue weighted by molar-refractivity contribution is 6.31. The van der Waals surface area contributed by atoms with E-state index in [-0.39, 0.29) is 11.1 Å². The average molecular weight is 720 g/mol. The molecule has 1 aliphatic rings. The molecule has 278 valence electrons. The lowest BCUT2D eigenvalue weighted by Gasteiger charge is -2.39. The number of benzene rings is 3. The minimum Gasteiger partial charge on any atom is -0.496 e. The van der Waals surface area contributed by atoms with E-state index in [0.29, 0.717) is 41.9 Å². The Morgan fingerprint density at radius 3 is 2.04 bits per heavy atom. The van der Waals surface area contributed by atoms with Crippen LogP contribution in [0.25, 0.3) is 22.8 Å². The quantitative estimate of drug-likeness (QED) is 0.147. The number of rotatable bonds is 10. The maximum absolute atomic E-state index is 12.4.